The number of halogens is 5. The van der Waals surface area contributed by atoms with Crippen LogP contribution in [0, 0.1) is 23.3 Å². The average molecular weight is 553 g/mol. The molecule has 2 aromatic carbocycles. The van der Waals surface area contributed by atoms with Crippen molar-refractivity contribution >= 4 is 49.8 Å². The van der Waals surface area contributed by atoms with Crippen molar-refractivity contribution in [3.63, 3.8) is 0 Å². The summed E-state index contributed by atoms with van der Waals surface area (Å²) in [6.45, 7) is 0. The number of H-pyrrole nitrogens is 1. The van der Waals surface area contributed by atoms with Crippen LogP contribution in [0.1, 0.15) is 28.8 Å². The fourth-order valence-corrected chi connectivity index (χ4v) is 5.51. The number of benzene rings is 2. The summed E-state index contributed by atoms with van der Waals surface area (Å²) in [7, 11) is -3.06. The number of rotatable bonds is 7. The largest absolute Gasteiger partial charge is 0.370 e. The Morgan fingerprint density at radius 1 is 1.14 bits per heavy atom. The third-order valence-electron chi connectivity index (χ3n) is 6.07. The number of hydrogen-bond donors (Lipinski definition) is 2. The lowest BCUT2D eigenvalue weighted by Crippen LogP contribution is -2.21. The molecule has 2 heterocycles. The number of aromatic amines is 1. The molecular formula is C24H17ClF4N4O3S. The number of nitrogens with zero attached hydrogens (tertiary/aromatic N) is 2. The van der Waals surface area contributed by atoms with E-state index in [9.17, 15) is 26.4 Å². The maximum absolute atomic E-state index is 15.5. The van der Waals surface area contributed by atoms with E-state index in [2.05, 4.69) is 9.97 Å². The molecule has 1 aliphatic carbocycles. The Kier molecular flexibility index (Phi) is 6.11. The van der Waals surface area contributed by atoms with Gasteiger partial charge in [-0.05, 0) is 43.2 Å². The van der Waals surface area contributed by atoms with Gasteiger partial charge in [-0.1, -0.05) is 11.6 Å². The number of pyridine rings is 1. The van der Waals surface area contributed by atoms with E-state index in [1.54, 1.807) is 11.8 Å². The first-order valence-electron chi connectivity index (χ1n) is 10.9. The minimum atomic E-state index is -4.84. The van der Waals surface area contributed by atoms with Crippen molar-refractivity contribution < 1.29 is 30.8 Å². The van der Waals surface area contributed by atoms with Gasteiger partial charge in [-0.2, -0.15) is 0 Å². The second-order valence-corrected chi connectivity index (χ2v) is 10.6. The molecule has 0 amide bonds. The Balaban J connectivity index is 1.60. The van der Waals surface area contributed by atoms with Gasteiger partial charge in [0.05, 0.1) is 39.1 Å². The molecule has 1 fully saturated rings. The number of sulfonamides is 1. The van der Waals surface area contributed by atoms with Gasteiger partial charge in [-0.15, -0.1) is 0 Å². The van der Waals surface area contributed by atoms with Crippen LogP contribution in [0.15, 0.2) is 47.6 Å². The fourth-order valence-electron chi connectivity index (χ4n) is 4.08. The minimum Gasteiger partial charge on any atom is -0.370 e. The van der Waals surface area contributed by atoms with Gasteiger partial charge in [0, 0.05) is 19.3 Å². The molecule has 37 heavy (non-hydrogen) atoms. The smallest absolute Gasteiger partial charge is 0.265 e. The van der Waals surface area contributed by atoms with E-state index in [0.29, 0.717) is 30.0 Å². The number of ketones is 1. The number of anilines is 2. The molecule has 0 radical (unpaired) electrons. The van der Waals surface area contributed by atoms with Crippen molar-refractivity contribution in [3.8, 4) is 0 Å². The van der Waals surface area contributed by atoms with Gasteiger partial charge < -0.3 is 9.88 Å². The quantitative estimate of drug-likeness (QED) is 0.236. The standard InChI is InChI=1S/C24H17ClF4N4O3S/c1-33(12-3-4-12)22-14(25)10-31-24-19(22)13(9-30-24)23(34)20-16(28)6-7-17(21(20)29)32-37(35,36)18-8-11(26)2-5-15(18)27/h2,5-10,12,32H,3-4H2,1H3,(H,30,31). The van der Waals surface area contributed by atoms with Crippen molar-refractivity contribution in [2.24, 2.45) is 0 Å². The van der Waals surface area contributed by atoms with Crippen molar-refractivity contribution in [2.45, 2.75) is 23.8 Å². The highest BCUT2D eigenvalue weighted by molar-refractivity contribution is 7.92. The maximum Gasteiger partial charge on any atom is 0.265 e. The highest BCUT2D eigenvalue weighted by Gasteiger charge is 2.32. The Bertz CT molecular complexity index is 1690. The van der Waals surface area contributed by atoms with Gasteiger partial charge >= 0.3 is 0 Å². The summed E-state index contributed by atoms with van der Waals surface area (Å²) < 4.78 is 84.9. The van der Waals surface area contributed by atoms with Crippen LogP contribution in [0.25, 0.3) is 11.0 Å². The van der Waals surface area contributed by atoms with Gasteiger partial charge in [0.1, 0.15) is 28.0 Å². The molecule has 1 aliphatic rings. The third kappa shape index (κ3) is 4.40. The van der Waals surface area contributed by atoms with E-state index < -0.39 is 55.2 Å². The Morgan fingerprint density at radius 3 is 2.54 bits per heavy atom. The molecule has 2 aromatic heterocycles. The molecule has 0 atom stereocenters. The number of hydrogen-bond acceptors (Lipinski definition) is 5. The van der Waals surface area contributed by atoms with Gasteiger partial charge in [0.25, 0.3) is 10.0 Å². The molecule has 2 N–H and O–H groups in total. The van der Waals surface area contributed by atoms with Crippen LogP contribution in [0.3, 0.4) is 0 Å². The predicted molar refractivity (Wildman–Crippen MR) is 129 cm³/mol. The first-order valence-corrected chi connectivity index (χ1v) is 12.7. The Hall–Kier alpha value is -3.64. The zero-order chi connectivity index (χ0) is 26.6. The lowest BCUT2D eigenvalue weighted by Gasteiger charge is -2.21. The van der Waals surface area contributed by atoms with Gasteiger partial charge in [-0.25, -0.2) is 31.0 Å². The monoisotopic (exact) mass is 552 g/mol. The topological polar surface area (TPSA) is 95.2 Å². The number of carbonyl (C=O) groups is 1. The molecule has 0 aliphatic heterocycles. The van der Waals surface area contributed by atoms with Crippen LogP contribution in [0.2, 0.25) is 5.02 Å². The lowest BCUT2D eigenvalue weighted by molar-refractivity contribution is 0.103. The third-order valence-corrected chi connectivity index (χ3v) is 7.72. The molecular weight excluding hydrogens is 536 g/mol. The van der Waals surface area contributed by atoms with E-state index >= 15 is 4.39 Å². The molecule has 0 spiro atoms. The van der Waals surface area contributed by atoms with E-state index in [0.717, 1.165) is 18.9 Å². The summed E-state index contributed by atoms with van der Waals surface area (Å²) in [6, 6.07) is 3.30. The highest BCUT2D eigenvalue weighted by atomic mass is 35.5. The lowest BCUT2D eigenvalue weighted by atomic mass is 10.0. The van der Waals surface area contributed by atoms with Crippen molar-refractivity contribution in [1.29, 1.82) is 0 Å². The van der Waals surface area contributed by atoms with Crippen molar-refractivity contribution in [3.05, 3.63) is 82.1 Å². The molecule has 4 aromatic rings. The summed E-state index contributed by atoms with van der Waals surface area (Å²) in [5, 5.41) is 0.480. The fraction of sp³-hybridized carbons (Fsp3) is 0.167. The summed E-state index contributed by atoms with van der Waals surface area (Å²) in [5.74, 6) is -6.23. The molecule has 7 nitrogen and oxygen atoms in total. The van der Waals surface area contributed by atoms with E-state index in [-0.39, 0.29) is 27.7 Å². The Morgan fingerprint density at radius 2 is 1.84 bits per heavy atom. The van der Waals surface area contributed by atoms with Crippen LogP contribution in [-0.4, -0.2) is 37.3 Å². The minimum absolute atomic E-state index is 0.138. The first kappa shape index (κ1) is 25.0. The molecule has 5 rings (SSSR count). The average Bonchev–Trinajstić information content (AvgIpc) is 3.61. The summed E-state index contributed by atoms with van der Waals surface area (Å²) in [4.78, 5) is 21.2. The molecule has 13 heteroatoms. The van der Waals surface area contributed by atoms with E-state index in [4.69, 9.17) is 11.6 Å². The van der Waals surface area contributed by atoms with Crippen LogP contribution in [0.5, 0.6) is 0 Å². The second-order valence-electron chi connectivity index (χ2n) is 8.52. The zero-order valence-corrected chi connectivity index (χ0v) is 20.5. The van der Waals surface area contributed by atoms with Gasteiger partial charge in [-0.3, -0.25) is 9.52 Å². The number of carbonyl (C=O) groups excluding carboxylic acids is 1. The molecule has 0 bridgehead atoms. The van der Waals surface area contributed by atoms with Crippen molar-refractivity contribution in [1.82, 2.24) is 9.97 Å². The van der Waals surface area contributed by atoms with Crippen molar-refractivity contribution in [2.75, 3.05) is 16.7 Å². The SMILES string of the molecule is CN(c1c(Cl)cnc2[nH]cc(C(=O)c3c(F)ccc(NS(=O)(=O)c4cc(F)ccc4F)c3F)c12)C1CC1. The zero-order valence-electron chi connectivity index (χ0n) is 19.0. The van der Waals surface area contributed by atoms with E-state index in [1.807, 2.05) is 4.90 Å². The van der Waals surface area contributed by atoms with Crippen LogP contribution in [0.4, 0.5) is 28.9 Å². The summed E-state index contributed by atoms with van der Waals surface area (Å²) in [5.41, 5.74) is -1.31. The molecule has 0 unspecified atom stereocenters. The normalized spacial score (nSPS) is 13.7. The van der Waals surface area contributed by atoms with Gasteiger partial charge in [0.15, 0.2) is 5.82 Å². The summed E-state index contributed by atoms with van der Waals surface area (Å²) in [6.07, 6.45) is 4.44. The molecule has 1 saturated carbocycles. The Labute approximate surface area is 213 Å². The maximum atomic E-state index is 15.5. The first-order chi connectivity index (χ1) is 17.5. The summed E-state index contributed by atoms with van der Waals surface area (Å²) >= 11 is 6.38. The van der Waals surface area contributed by atoms with E-state index in [1.165, 1.54) is 12.4 Å². The number of aromatic nitrogens is 2. The van der Waals surface area contributed by atoms with Crippen LogP contribution < -0.4 is 9.62 Å². The van der Waals surface area contributed by atoms with Gasteiger partial charge in [0.2, 0.25) is 5.78 Å². The highest BCUT2D eigenvalue weighted by Crippen LogP contribution is 2.41. The van der Waals surface area contributed by atoms with Crippen LogP contribution >= 0.6 is 11.6 Å². The molecule has 192 valence electrons. The van der Waals surface area contributed by atoms with Crippen LogP contribution in [-0.2, 0) is 10.0 Å². The number of fused-ring (bicyclic) bond motifs is 1. The molecule has 0 saturated heterocycles. The number of nitrogens with one attached hydrogen (secondary N) is 2. The predicted octanol–water partition coefficient (Wildman–Crippen LogP) is 5.40. The second kappa shape index (κ2) is 9.03.